The lowest BCUT2D eigenvalue weighted by atomic mass is 9.66. The summed E-state index contributed by atoms with van der Waals surface area (Å²) < 4.78 is 11.5. The van der Waals surface area contributed by atoms with Crippen molar-refractivity contribution in [1.82, 2.24) is 15.0 Å². The molecule has 38 heavy (non-hydrogen) atoms. The van der Waals surface area contributed by atoms with Crippen LogP contribution in [0.2, 0.25) is 5.02 Å². The number of aliphatic carboxylic acids is 1. The van der Waals surface area contributed by atoms with Gasteiger partial charge in [0.2, 0.25) is 11.8 Å². The van der Waals surface area contributed by atoms with Crippen LogP contribution in [0.4, 0.5) is 0 Å². The molecule has 2 aromatic rings. The molecule has 1 aliphatic carbocycles. The topological polar surface area (TPSA) is 113 Å². The van der Waals surface area contributed by atoms with Crippen molar-refractivity contribution in [3.63, 3.8) is 0 Å². The summed E-state index contributed by atoms with van der Waals surface area (Å²) in [5.41, 5.74) is 1.42. The van der Waals surface area contributed by atoms with E-state index in [-0.39, 0.29) is 18.4 Å². The van der Waals surface area contributed by atoms with E-state index in [4.69, 9.17) is 20.9 Å². The molecule has 0 radical (unpaired) electrons. The van der Waals surface area contributed by atoms with Gasteiger partial charge in [-0.2, -0.15) is 0 Å². The molecule has 3 aliphatic rings. The summed E-state index contributed by atoms with van der Waals surface area (Å²) in [7, 11) is 0. The van der Waals surface area contributed by atoms with Gasteiger partial charge in [-0.1, -0.05) is 29.6 Å². The zero-order valence-electron chi connectivity index (χ0n) is 21.9. The van der Waals surface area contributed by atoms with Crippen LogP contribution in [-0.2, 0) is 27.4 Å². The van der Waals surface area contributed by atoms with Crippen LogP contribution in [0.15, 0.2) is 22.9 Å². The molecule has 1 N–H and O–H groups in total. The minimum atomic E-state index is -1.12. The molecule has 3 heterocycles. The number of aromatic nitrogens is 1. The van der Waals surface area contributed by atoms with E-state index in [0.29, 0.717) is 61.8 Å². The van der Waals surface area contributed by atoms with Crippen molar-refractivity contribution >= 4 is 29.4 Å². The third-order valence-corrected chi connectivity index (χ3v) is 8.98. The number of carboxylic acid groups (broad SMARTS) is 1. The predicted molar refractivity (Wildman–Crippen MR) is 139 cm³/mol. The predicted octanol–water partition coefficient (Wildman–Crippen LogP) is 4.54. The lowest BCUT2D eigenvalue weighted by molar-refractivity contribution is -0.162. The number of carboxylic acids is 1. The number of rotatable bonds is 7. The summed E-state index contributed by atoms with van der Waals surface area (Å²) in [6.45, 7) is 5.07. The van der Waals surface area contributed by atoms with Gasteiger partial charge in [0, 0.05) is 42.2 Å². The zero-order valence-corrected chi connectivity index (χ0v) is 22.6. The number of fused-ring (bicyclic) bond motifs is 1. The molecule has 2 aliphatic heterocycles. The number of benzene rings is 1. The first-order chi connectivity index (χ1) is 18.2. The molecule has 10 heteroatoms. The number of ether oxygens (including phenoxy) is 1. The van der Waals surface area contributed by atoms with Crippen molar-refractivity contribution in [2.75, 3.05) is 19.6 Å². The van der Waals surface area contributed by atoms with E-state index in [1.165, 1.54) is 0 Å². The molecule has 2 amide bonds. The van der Waals surface area contributed by atoms with E-state index in [9.17, 15) is 19.5 Å². The standard InChI is InChI=1S/C28H34ClN3O6/c1-17-14-30-38-23(17)16-37-22-9-8-20(29)18-10-13-32(21(25(18)22)15-31-12-5-7-24(31)33)26(34)19-6-3-4-11-28(19,2)27(35)36/h8-9,14,19,21H,3-7,10-13,15-16H2,1-2H3,(H,35,36)/t19?,21-,28-/m1/s1. The van der Waals surface area contributed by atoms with Gasteiger partial charge >= 0.3 is 5.97 Å². The largest absolute Gasteiger partial charge is 0.485 e. The normalized spacial score (nSPS) is 25.4. The fourth-order valence-corrected chi connectivity index (χ4v) is 6.51. The van der Waals surface area contributed by atoms with E-state index in [2.05, 4.69) is 5.16 Å². The number of hydrogen-bond donors (Lipinski definition) is 1. The summed E-state index contributed by atoms with van der Waals surface area (Å²) in [5, 5.41) is 14.5. The number of carbonyl (C=O) groups excluding carboxylic acids is 2. The van der Waals surface area contributed by atoms with E-state index in [0.717, 1.165) is 36.0 Å². The minimum Gasteiger partial charge on any atom is -0.485 e. The van der Waals surface area contributed by atoms with Gasteiger partial charge in [0.05, 0.1) is 23.6 Å². The molecule has 0 bridgehead atoms. The summed E-state index contributed by atoms with van der Waals surface area (Å²) in [4.78, 5) is 42.8. The molecule has 1 unspecified atom stereocenters. The lowest BCUT2D eigenvalue weighted by Crippen LogP contribution is -2.52. The van der Waals surface area contributed by atoms with E-state index >= 15 is 0 Å². The number of aryl methyl sites for hydroxylation is 1. The van der Waals surface area contributed by atoms with Crippen molar-refractivity contribution in [1.29, 1.82) is 0 Å². The maximum atomic E-state index is 14.2. The molecule has 5 rings (SSSR count). The maximum absolute atomic E-state index is 14.2. The summed E-state index contributed by atoms with van der Waals surface area (Å²) in [6, 6.07) is 3.08. The highest BCUT2D eigenvalue weighted by atomic mass is 35.5. The van der Waals surface area contributed by atoms with Gasteiger partial charge < -0.3 is 24.2 Å². The van der Waals surface area contributed by atoms with Crippen molar-refractivity contribution in [2.45, 2.75) is 71.4 Å². The first-order valence-electron chi connectivity index (χ1n) is 13.4. The maximum Gasteiger partial charge on any atom is 0.310 e. The van der Waals surface area contributed by atoms with E-state index in [1.54, 1.807) is 35.1 Å². The van der Waals surface area contributed by atoms with E-state index < -0.39 is 23.3 Å². The smallest absolute Gasteiger partial charge is 0.310 e. The van der Waals surface area contributed by atoms with Gasteiger partial charge in [0.1, 0.15) is 12.4 Å². The molecule has 1 saturated heterocycles. The Labute approximate surface area is 227 Å². The van der Waals surface area contributed by atoms with Crippen LogP contribution in [-0.4, -0.2) is 57.5 Å². The first-order valence-corrected chi connectivity index (χ1v) is 13.7. The molecule has 9 nitrogen and oxygen atoms in total. The highest BCUT2D eigenvalue weighted by Gasteiger charge is 2.50. The highest BCUT2D eigenvalue weighted by Crippen LogP contribution is 2.46. The number of halogens is 1. The number of likely N-dealkylation sites (tertiary alicyclic amines) is 1. The fraction of sp³-hybridized carbons (Fsp3) is 0.571. The Hall–Kier alpha value is -3.07. The van der Waals surface area contributed by atoms with Crippen LogP contribution in [0.5, 0.6) is 5.75 Å². The third kappa shape index (κ3) is 4.77. The summed E-state index contributed by atoms with van der Waals surface area (Å²) in [5.74, 6) is -0.517. The summed E-state index contributed by atoms with van der Waals surface area (Å²) >= 11 is 6.67. The molecular formula is C28H34ClN3O6. The molecule has 1 aromatic heterocycles. The van der Waals surface area contributed by atoms with Gasteiger partial charge in [0.15, 0.2) is 5.76 Å². The van der Waals surface area contributed by atoms with Gasteiger partial charge in [-0.15, -0.1) is 0 Å². The fourth-order valence-electron chi connectivity index (χ4n) is 6.25. The zero-order chi connectivity index (χ0) is 27.0. The van der Waals surface area contributed by atoms with Crippen molar-refractivity contribution in [3.05, 3.63) is 45.8 Å². The molecule has 3 atom stereocenters. The Morgan fingerprint density at radius 2 is 2.05 bits per heavy atom. The van der Waals surface area contributed by atoms with Crippen LogP contribution < -0.4 is 4.74 Å². The van der Waals surface area contributed by atoms with Crippen LogP contribution in [0.3, 0.4) is 0 Å². The average Bonchev–Trinajstić information content (AvgIpc) is 3.50. The SMILES string of the molecule is Cc1cnoc1COc1ccc(Cl)c2c1[C@@H](CN1CCCC1=O)N(C(=O)C1CCCC[C@@]1(C)C(=O)O)CC2. The Morgan fingerprint density at radius 3 is 2.74 bits per heavy atom. The Kier molecular flexibility index (Phi) is 7.40. The average molecular weight is 544 g/mol. The van der Waals surface area contributed by atoms with Gasteiger partial charge in [-0.3, -0.25) is 14.4 Å². The van der Waals surface area contributed by atoms with Crippen molar-refractivity contribution in [3.8, 4) is 5.75 Å². The molecule has 0 spiro atoms. The van der Waals surface area contributed by atoms with Crippen LogP contribution in [0.25, 0.3) is 0 Å². The van der Waals surface area contributed by atoms with E-state index in [1.807, 2.05) is 6.92 Å². The second-order valence-corrected chi connectivity index (χ2v) is 11.3. The second-order valence-electron chi connectivity index (χ2n) is 10.9. The second kappa shape index (κ2) is 10.6. The summed E-state index contributed by atoms with van der Waals surface area (Å²) in [6.07, 6.45) is 6.00. The number of nitrogens with zero attached hydrogens (tertiary/aromatic N) is 3. The number of amides is 2. The molecule has 1 aromatic carbocycles. The Balaban J connectivity index is 1.54. The molecule has 2 fully saturated rings. The Morgan fingerprint density at radius 1 is 1.24 bits per heavy atom. The third-order valence-electron chi connectivity index (χ3n) is 8.62. The van der Waals surface area contributed by atoms with Crippen LogP contribution in [0, 0.1) is 18.3 Å². The first kappa shape index (κ1) is 26.5. The van der Waals surface area contributed by atoms with Crippen molar-refractivity contribution < 1.29 is 28.8 Å². The molecular weight excluding hydrogens is 510 g/mol. The van der Waals surface area contributed by atoms with Crippen molar-refractivity contribution in [2.24, 2.45) is 11.3 Å². The lowest BCUT2D eigenvalue weighted by Gasteiger charge is -2.45. The number of hydrogen-bond acceptors (Lipinski definition) is 6. The molecule has 1 saturated carbocycles. The Bertz CT molecular complexity index is 1250. The number of carbonyl (C=O) groups is 3. The molecule has 204 valence electrons. The quantitative estimate of drug-likeness (QED) is 0.545. The monoisotopic (exact) mass is 543 g/mol. The van der Waals surface area contributed by atoms with Gasteiger partial charge in [-0.05, 0) is 57.2 Å². The van der Waals surface area contributed by atoms with Crippen LogP contribution in [0.1, 0.15) is 73.9 Å². The minimum absolute atomic E-state index is 0.0549. The van der Waals surface area contributed by atoms with Crippen LogP contribution >= 0.6 is 11.6 Å². The highest BCUT2D eigenvalue weighted by molar-refractivity contribution is 6.31. The van der Waals surface area contributed by atoms with Gasteiger partial charge in [0.25, 0.3) is 0 Å². The van der Waals surface area contributed by atoms with Gasteiger partial charge in [-0.25, -0.2) is 0 Å².